The SMILES string of the molecule is C1=CC2=C1CC1=C2CCCC1. The van der Waals surface area contributed by atoms with E-state index in [0.717, 1.165) is 0 Å². The van der Waals surface area contributed by atoms with Gasteiger partial charge in [-0.1, -0.05) is 17.7 Å². The van der Waals surface area contributed by atoms with E-state index in [0.29, 0.717) is 0 Å². The second kappa shape index (κ2) is 1.88. The number of hydrogen-bond acceptors (Lipinski definition) is 0. The molecule has 0 spiro atoms. The fraction of sp³-hybridized carbons (Fsp3) is 0.455. The fourth-order valence-corrected chi connectivity index (χ4v) is 2.45. The largest absolute Gasteiger partial charge is 0.0620 e. The summed E-state index contributed by atoms with van der Waals surface area (Å²) in [7, 11) is 0. The minimum absolute atomic E-state index is 1.29. The van der Waals surface area contributed by atoms with Crippen LogP contribution < -0.4 is 0 Å². The maximum Gasteiger partial charge on any atom is -0.00550 e. The van der Waals surface area contributed by atoms with Crippen molar-refractivity contribution in [2.24, 2.45) is 0 Å². The van der Waals surface area contributed by atoms with E-state index in [1.807, 2.05) is 0 Å². The molecule has 0 heteroatoms. The standard InChI is InChI=1S/C11H12/c1-2-4-10-8(3-1)7-9-5-6-11(9)10/h5-6H,1-4,7H2. The molecule has 3 aliphatic rings. The van der Waals surface area contributed by atoms with Crippen LogP contribution in [0, 0.1) is 0 Å². The van der Waals surface area contributed by atoms with Gasteiger partial charge >= 0.3 is 0 Å². The summed E-state index contributed by atoms with van der Waals surface area (Å²) in [6.07, 6.45) is 11.5. The Morgan fingerprint density at radius 2 is 1.91 bits per heavy atom. The van der Waals surface area contributed by atoms with Gasteiger partial charge in [-0.3, -0.25) is 0 Å². The zero-order valence-corrected chi connectivity index (χ0v) is 6.69. The quantitative estimate of drug-likeness (QED) is 0.490. The highest BCUT2D eigenvalue weighted by molar-refractivity contribution is 5.63. The Morgan fingerprint density at radius 1 is 1.00 bits per heavy atom. The second-order valence-electron chi connectivity index (χ2n) is 3.74. The summed E-state index contributed by atoms with van der Waals surface area (Å²) in [4.78, 5) is 0. The fourth-order valence-electron chi connectivity index (χ4n) is 2.45. The van der Waals surface area contributed by atoms with E-state index in [1.54, 1.807) is 22.3 Å². The van der Waals surface area contributed by atoms with Gasteiger partial charge in [-0.25, -0.2) is 0 Å². The summed E-state index contributed by atoms with van der Waals surface area (Å²) in [5.74, 6) is 0. The molecule has 0 saturated heterocycles. The molecule has 0 atom stereocenters. The number of rotatable bonds is 0. The van der Waals surface area contributed by atoms with Gasteiger partial charge in [0.05, 0.1) is 0 Å². The minimum atomic E-state index is 1.29. The van der Waals surface area contributed by atoms with Crippen LogP contribution in [0.5, 0.6) is 0 Å². The lowest BCUT2D eigenvalue weighted by Crippen LogP contribution is -1.96. The summed E-state index contributed by atoms with van der Waals surface area (Å²) in [5, 5.41) is 0. The average Bonchev–Trinajstić information content (AvgIpc) is 2.23. The third-order valence-corrected chi connectivity index (χ3v) is 3.11. The van der Waals surface area contributed by atoms with Crippen molar-refractivity contribution in [1.82, 2.24) is 0 Å². The molecular weight excluding hydrogens is 132 g/mol. The van der Waals surface area contributed by atoms with Crippen molar-refractivity contribution in [2.75, 3.05) is 0 Å². The van der Waals surface area contributed by atoms with Gasteiger partial charge in [0, 0.05) is 0 Å². The van der Waals surface area contributed by atoms with Crippen LogP contribution in [0.2, 0.25) is 0 Å². The van der Waals surface area contributed by atoms with Crippen molar-refractivity contribution in [3.63, 3.8) is 0 Å². The van der Waals surface area contributed by atoms with Crippen LogP contribution in [0.4, 0.5) is 0 Å². The molecule has 0 radical (unpaired) electrons. The Labute approximate surface area is 67.3 Å². The molecule has 0 unspecified atom stereocenters. The zero-order valence-electron chi connectivity index (χ0n) is 6.69. The molecular formula is C11H12. The first-order chi connectivity index (χ1) is 5.45. The molecule has 0 amide bonds. The Hall–Kier alpha value is -0.780. The van der Waals surface area contributed by atoms with Crippen LogP contribution in [0.15, 0.2) is 34.4 Å². The first kappa shape index (κ1) is 5.82. The van der Waals surface area contributed by atoms with Gasteiger partial charge in [0.15, 0.2) is 0 Å². The maximum absolute atomic E-state index is 2.29. The highest BCUT2D eigenvalue weighted by Gasteiger charge is 2.26. The molecule has 0 saturated carbocycles. The lowest BCUT2D eigenvalue weighted by atomic mass is 9.90. The molecule has 3 rings (SSSR count). The molecule has 0 aromatic carbocycles. The summed E-state index contributed by atoms with van der Waals surface area (Å²) in [6, 6.07) is 0. The Balaban J connectivity index is 2.02. The van der Waals surface area contributed by atoms with Gasteiger partial charge in [0.2, 0.25) is 0 Å². The first-order valence-electron chi connectivity index (χ1n) is 4.57. The van der Waals surface area contributed by atoms with Crippen LogP contribution in [0.25, 0.3) is 0 Å². The molecule has 0 fully saturated rings. The van der Waals surface area contributed by atoms with Gasteiger partial charge in [0.25, 0.3) is 0 Å². The van der Waals surface area contributed by atoms with Crippen LogP contribution in [-0.4, -0.2) is 0 Å². The number of hydrogen-bond donors (Lipinski definition) is 0. The highest BCUT2D eigenvalue weighted by Crippen LogP contribution is 2.45. The Bertz CT molecular complexity index is 300. The Morgan fingerprint density at radius 3 is 2.73 bits per heavy atom. The van der Waals surface area contributed by atoms with Gasteiger partial charge < -0.3 is 0 Å². The second-order valence-corrected chi connectivity index (χ2v) is 3.74. The van der Waals surface area contributed by atoms with E-state index in [9.17, 15) is 0 Å². The monoisotopic (exact) mass is 144 g/mol. The average molecular weight is 144 g/mol. The molecule has 0 aromatic rings. The van der Waals surface area contributed by atoms with E-state index in [-0.39, 0.29) is 0 Å². The van der Waals surface area contributed by atoms with Gasteiger partial charge in [-0.05, 0) is 48.8 Å². The van der Waals surface area contributed by atoms with E-state index in [4.69, 9.17) is 0 Å². The smallest absolute Gasteiger partial charge is 0.00550 e. The Kier molecular flexibility index (Phi) is 0.993. The molecule has 0 aliphatic heterocycles. The van der Waals surface area contributed by atoms with Crippen molar-refractivity contribution >= 4 is 0 Å². The third kappa shape index (κ3) is 0.649. The summed E-state index contributed by atoms with van der Waals surface area (Å²) in [5.41, 5.74) is 6.71. The van der Waals surface area contributed by atoms with E-state index in [1.165, 1.54) is 32.1 Å². The normalized spacial score (nSPS) is 26.9. The minimum Gasteiger partial charge on any atom is -0.0620 e. The van der Waals surface area contributed by atoms with Gasteiger partial charge in [-0.15, -0.1) is 0 Å². The van der Waals surface area contributed by atoms with Gasteiger partial charge in [-0.2, -0.15) is 0 Å². The molecule has 0 N–H and O–H groups in total. The molecule has 3 aliphatic carbocycles. The van der Waals surface area contributed by atoms with Crippen molar-refractivity contribution < 1.29 is 0 Å². The number of fused-ring (bicyclic) bond motifs is 1. The van der Waals surface area contributed by atoms with Crippen LogP contribution in [0.1, 0.15) is 32.1 Å². The molecule has 0 aromatic heterocycles. The van der Waals surface area contributed by atoms with Crippen LogP contribution in [0.3, 0.4) is 0 Å². The molecule has 0 bridgehead atoms. The molecule has 0 heterocycles. The summed E-state index contributed by atoms with van der Waals surface area (Å²) < 4.78 is 0. The molecule has 11 heavy (non-hydrogen) atoms. The van der Waals surface area contributed by atoms with Crippen LogP contribution >= 0.6 is 0 Å². The zero-order chi connectivity index (χ0) is 7.26. The summed E-state index contributed by atoms with van der Waals surface area (Å²) in [6.45, 7) is 0. The topological polar surface area (TPSA) is 0 Å². The van der Waals surface area contributed by atoms with Crippen molar-refractivity contribution in [3.8, 4) is 0 Å². The molecule has 0 nitrogen and oxygen atoms in total. The maximum atomic E-state index is 2.29. The summed E-state index contributed by atoms with van der Waals surface area (Å²) >= 11 is 0. The lowest BCUT2D eigenvalue weighted by molar-refractivity contribution is 0.679. The number of allylic oxidation sites excluding steroid dienone is 6. The predicted molar refractivity (Wildman–Crippen MR) is 46.3 cm³/mol. The van der Waals surface area contributed by atoms with E-state index >= 15 is 0 Å². The highest BCUT2D eigenvalue weighted by atomic mass is 14.3. The van der Waals surface area contributed by atoms with Gasteiger partial charge in [0.1, 0.15) is 0 Å². The third-order valence-electron chi connectivity index (χ3n) is 3.11. The molecule has 56 valence electrons. The van der Waals surface area contributed by atoms with E-state index in [2.05, 4.69) is 12.2 Å². The lowest BCUT2D eigenvalue weighted by Gasteiger charge is -2.15. The van der Waals surface area contributed by atoms with E-state index < -0.39 is 0 Å². The van der Waals surface area contributed by atoms with Crippen molar-refractivity contribution in [2.45, 2.75) is 32.1 Å². The first-order valence-corrected chi connectivity index (χ1v) is 4.57. The van der Waals surface area contributed by atoms with Crippen LogP contribution in [-0.2, 0) is 0 Å². The van der Waals surface area contributed by atoms with Crippen molar-refractivity contribution in [1.29, 1.82) is 0 Å². The predicted octanol–water partition coefficient (Wildman–Crippen LogP) is 3.13. The van der Waals surface area contributed by atoms with Crippen molar-refractivity contribution in [3.05, 3.63) is 34.4 Å².